The number of carboxylic acid groups (broad SMARTS) is 1. The molecule has 17 heteroatoms. The largest absolute Gasteiger partial charge is 0.504 e. The third-order valence-electron chi connectivity index (χ3n) is 6.67. The zero-order valence-electron chi connectivity index (χ0n) is 22.1. The van der Waals surface area contributed by atoms with E-state index >= 15 is 0 Å². The summed E-state index contributed by atoms with van der Waals surface area (Å²) >= 11 is 0. The number of carbonyl (C=O) groups excluding carboxylic acids is 2. The first kappa shape index (κ1) is 32.4. The molecule has 1 amide bonds. The number of hydrogen-bond donors (Lipinski definition) is 8. The van der Waals surface area contributed by atoms with Crippen molar-refractivity contribution in [2.24, 2.45) is 0 Å². The zero-order valence-corrected chi connectivity index (χ0v) is 22.1. The molecule has 230 valence electrons. The number of aliphatic carboxylic acids is 1. The van der Waals surface area contributed by atoms with Gasteiger partial charge in [-0.15, -0.1) is 0 Å². The average molecular weight is 592 g/mol. The molecule has 11 atom stereocenters. The Bertz CT molecular complexity index is 1090. The molecule has 5 unspecified atom stereocenters. The van der Waals surface area contributed by atoms with E-state index in [2.05, 4.69) is 5.32 Å². The van der Waals surface area contributed by atoms with Crippen LogP contribution in [0.4, 0.5) is 0 Å². The van der Waals surface area contributed by atoms with E-state index in [1.807, 2.05) is 0 Å². The molecule has 1 aromatic rings. The standard InChI is InChI=1S/C24H33NO16/c1-36-16-12(28)15(31)24(41-19(16)21(33)34)39-17-13(29)14(30)23(38-3)40-18(17)20(32)25-9(22(35)37-2)6-8-4-5-10(26)11(27)7-8/h4-5,7,9,12-19,23-24,26-31H,6H2,1-3H3,(H,25,32)(H,33,34)/t9?,12-,13?,14?,15?,16+,17+,18-,19?,23-,24-/m1/s1. The first-order chi connectivity index (χ1) is 19.3. The van der Waals surface area contributed by atoms with Crippen LogP contribution in [0.3, 0.4) is 0 Å². The van der Waals surface area contributed by atoms with Gasteiger partial charge in [0.05, 0.1) is 7.11 Å². The molecule has 0 aromatic heterocycles. The van der Waals surface area contributed by atoms with E-state index in [1.54, 1.807) is 0 Å². The van der Waals surface area contributed by atoms with E-state index in [9.17, 15) is 50.1 Å². The Labute approximate surface area is 232 Å². The lowest BCUT2D eigenvalue weighted by atomic mass is 9.95. The van der Waals surface area contributed by atoms with Crippen LogP contribution in [0.15, 0.2) is 18.2 Å². The van der Waals surface area contributed by atoms with Gasteiger partial charge in [-0.1, -0.05) is 6.07 Å². The number of hydrogen-bond acceptors (Lipinski definition) is 15. The van der Waals surface area contributed by atoms with Gasteiger partial charge in [0, 0.05) is 20.6 Å². The number of aliphatic hydroxyl groups excluding tert-OH is 4. The van der Waals surface area contributed by atoms with Crippen molar-refractivity contribution in [2.75, 3.05) is 21.3 Å². The number of esters is 1. The molecule has 0 bridgehead atoms. The lowest BCUT2D eigenvalue weighted by Crippen LogP contribution is -2.67. The number of carbonyl (C=O) groups is 3. The van der Waals surface area contributed by atoms with Gasteiger partial charge in [0.15, 0.2) is 36.3 Å². The third kappa shape index (κ3) is 7.03. The highest BCUT2D eigenvalue weighted by Crippen LogP contribution is 2.31. The predicted molar refractivity (Wildman–Crippen MR) is 129 cm³/mol. The topological polar surface area (TPSA) is 260 Å². The van der Waals surface area contributed by atoms with Crippen molar-refractivity contribution in [3.8, 4) is 11.5 Å². The normalized spacial score (nSPS) is 34.4. The summed E-state index contributed by atoms with van der Waals surface area (Å²) in [5.41, 5.74) is 0.304. The summed E-state index contributed by atoms with van der Waals surface area (Å²) in [7, 11) is 3.25. The number of rotatable bonds is 10. The summed E-state index contributed by atoms with van der Waals surface area (Å²) in [6, 6.07) is 2.29. The van der Waals surface area contributed by atoms with E-state index in [0.29, 0.717) is 5.56 Å². The van der Waals surface area contributed by atoms with Crippen LogP contribution >= 0.6 is 0 Å². The summed E-state index contributed by atoms with van der Waals surface area (Å²) in [5.74, 6) is -4.50. The van der Waals surface area contributed by atoms with Crippen LogP contribution < -0.4 is 5.32 Å². The molecule has 0 saturated carbocycles. The highest BCUT2D eigenvalue weighted by Gasteiger charge is 2.54. The van der Waals surface area contributed by atoms with Crippen LogP contribution in [0.2, 0.25) is 0 Å². The van der Waals surface area contributed by atoms with Crippen LogP contribution in [-0.2, 0) is 49.2 Å². The molecule has 2 heterocycles. The first-order valence-electron chi connectivity index (χ1n) is 12.2. The molecule has 3 rings (SSSR count). The minimum Gasteiger partial charge on any atom is -0.504 e. The van der Waals surface area contributed by atoms with Crippen LogP contribution in [-0.4, -0.2) is 142 Å². The third-order valence-corrected chi connectivity index (χ3v) is 6.67. The molecule has 1 aromatic carbocycles. The SMILES string of the molecule is COC(=O)C(Cc1ccc(O)c(O)c1)NC(=O)[C@@H]1O[C@@H](OC)C(O)C(O)[C@@H]1O[C@@H]1OC(C(=O)O)[C@@H](OC)[C@H](O)C1O. The molecule has 17 nitrogen and oxygen atoms in total. The second kappa shape index (κ2) is 13.7. The molecular weight excluding hydrogens is 558 g/mol. The van der Waals surface area contributed by atoms with Crippen molar-refractivity contribution in [1.29, 1.82) is 0 Å². The van der Waals surface area contributed by atoms with Gasteiger partial charge in [-0.2, -0.15) is 0 Å². The molecule has 2 saturated heterocycles. The Morgan fingerprint density at radius 3 is 2.02 bits per heavy atom. The van der Waals surface area contributed by atoms with Crippen molar-refractivity contribution < 1.29 is 78.6 Å². The van der Waals surface area contributed by atoms with Gasteiger partial charge < -0.3 is 69.5 Å². The number of benzene rings is 1. The molecule has 2 fully saturated rings. The smallest absolute Gasteiger partial charge is 0.335 e. The minimum atomic E-state index is -1.96. The number of phenols is 2. The maximum atomic E-state index is 13.4. The van der Waals surface area contributed by atoms with Crippen molar-refractivity contribution >= 4 is 17.8 Å². The molecule has 0 spiro atoms. The summed E-state index contributed by atoms with van der Waals surface area (Å²) in [5, 5.41) is 73.3. The lowest BCUT2D eigenvalue weighted by Gasteiger charge is -2.45. The predicted octanol–water partition coefficient (Wildman–Crippen LogP) is -3.68. The average Bonchev–Trinajstić information content (AvgIpc) is 2.94. The second-order valence-electron chi connectivity index (χ2n) is 9.30. The van der Waals surface area contributed by atoms with Crippen molar-refractivity contribution in [3.05, 3.63) is 23.8 Å². The Kier molecular flexibility index (Phi) is 10.8. The number of phenolic OH excluding ortho intramolecular Hbond substituents is 2. The van der Waals surface area contributed by atoms with Gasteiger partial charge in [0.1, 0.15) is 42.7 Å². The number of aliphatic hydroxyl groups is 4. The van der Waals surface area contributed by atoms with Gasteiger partial charge in [-0.25, -0.2) is 9.59 Å². The van der Waals surface area contributed by atoms with Gasteiger partial charge in [0.2, 0.25) is 0 Å². The lowest BCUT2D eigenvalue weighted by molar-refractivity contribution is -0.348. The van der Waals surface area contributed by atoms with Crippen LogP contribution in [0.25, 0.3) is 0 Å². The molecule has 41 heavy (non-hydrogen) atoms. The van der Waals surface area contributed by atoms with Crippen LogP contribution in [0, 0.1) is 0 Å². The Morgan fingerprint density at radius 2 is 1.46 bits per heavy atom. The second-order valence-corrected chi connectivity index (χ2v) is 9.30. The summed E-state index contributed by atoms with van der Waals surface area (Å²) in [6.45, 7) is 0. The van der Waals surface area contributed by atoms with E-state index in [1.165, 1.54) is 6.07 Å². The van der Waals surface area contributed by atoms with E-state index in [0.717, 1.165) is 33.5 Å². The van der Waals surface area contributed by atoms with E-state index in [-0.39, 0.29) is 6.42 Å². The summed E-state index contributed by atoms with van der Waals surface area (Å²) < 4.78 is 30.9. The van der Waals surface area contributed by atoms with Gasteiger partial charge in [0.25, 0.3) is 5.91 Å². The highest BCUT2D eigenvalue weighted by atomic mass is 16.7. The maximum Gasteiger partial charge on any atom is 0.335 e. The quantitative estimate of drug-likeness (QED) is 0.0962. The van der Waals surface area contributed by atoms with Gasteiger partial charge in [-0.3, -0.25) is 4.79 Å². The number of aromatic hydroxyl groups is 2. The van der Waals surface area contributed by atoms with Crippen molar-refractivity contribution in [2.45, 2.75) is 73.9 Å². The molecular formula is C24H33NO16. The monoisotopic (exact) mass is 591 g/mol. The Hall–Kier alpha value is -3.13. The molecule has 0 radical (unpaired) electrons. The highest BCUT2D eigenvalue weighted by molar-refractivity contribution is 5.87. The fourth-order valence-electron chi connectivity index (χ4n) is 4.48. The fraction of sp³-hybridized carbons (Fsp3) is 0.625. The number of carboxylic acids is 1. The molecule has 2 aliphatic rings. The van der Waals surface area contributed by atoms with E-state index < -0.39 is 96.8 Å². The molecule has 2 aliphatic heterocycles. The number of methoxy groups -OCH3 is 3. The Morgan fingerprint density at radius 1 is 0.854 bits per heavy atom. The first-order valence-corrected chi connectivity index (χ1v) is 12.2. The molecule has 0 aliphatic carbocycles. The van der Waals surface area contributed by atoms with Gasteiger partial charge in [-0.05, 0) is 17.7 Å². The van der Waals surface area contributed by atoms with E-state index in [4.69, 9.17) is 28.4 Å². The van der Waals surface area contributed by atoms with Crippen LogP contribution in [0.1, 0.15) is 5.56 Å². The number of nitrogens with one attached hydrogen (secondary N) is 1. The summed E-state index contributed by atoms with van der Waals surface area (Å²) in [6.07, 6.45) is -18.4. The summed E-state index contributed by atoms with van der Waals surface area (Å²) in [4.78, 5) is 37.5. The van der Waals surface area contributed by atoms with Crippen molar-refractivity contribution in [3.63, 3.8) is 0 Å². The maximum absolute atomic E-state index is 13.4. The van der Waals surface area contributed by atoms with Crippen molar-refractivity contribution in [1.82, 2.24) is 5.32 Å². The number of amides is 1. The fourth-order valence-corrected chi connectivity index (χ4v) is 4.48. The minimum absolute atomic E-state index is 0.237. The molecule has 8 N–H and O–H groups in total. The van der Waals surface area contributed by atoms with Crippen LogP contribution in [0.5, 0.6) is 11.5 Å². The number of ether oxygens (including phenoxy) is 6. The van der Waals surface area contributed by atoms with Gasteiger partial charge >= 0.3 is 11.9 Å². The zero-order chi connectivity index (χ0) is 30.6. The Balaban J connectivity index is 1.88.